The number of rotatable bonds is 5. The molecule has 0 fully saturated rings. The van der Waals surface area contributed by atoms with Crippen LogP contribution in [0.2, 0.25) is 0 Å². The normalized spacial score (nSPS) is 12.1. The van der Waals surface area contributed by atoms with Gasteiger partial charge >= 0.3 is 20.8 Å². The molecule has 0 atom stereocenters. The Morgan fingerprint density at radius 1 is 0.800 bits per heavy atom. The molecule has 0 unspecified atom stereocenters. The maximum Gasteiger partial charge on any atom is 0.446 e. The van der Waals surface area contributed by atoms with Crippen LogP contribution in [0.15, 0.2) is 39.5 Å². The molecular weight excluding hydrogens is 452 g/mol. The monoisotopic (exact) mass is 462 g/mol. The first-order valence-corrected chi connectivity index (χ1v) is 10.2. The number of benzene rings is 2. The van der Waals surface area contributed by atoms with Gasteiger partial charge in [-0.05, 0) is 18.2 Å². The van der Waals surface area contributed by atoms with Crippen molar-refractivity contribution in [3.63, 3.8) is 0 Å². The number of aromatic hydroxyl groups is 3. The van der Waals surface area contributed by atoms with Crippen molar-refractivity contribution in [1.29, 1.82) is 0 Å². The molecule has 3 rings (SSSR count). The minimum Gasteiger partial charge on any atom is -0.507 e. The van der Waals surface area contributed by atoms with Crippen molar-refractivity contribution < 1.29 is 54.0 Å². The highest BCUT2D eigenvalue weighted by atomic mass is 32.3. The summed E-state index contributed by atoms with van der Waals surface area (Å²) < 4.78 is 75.6. The molecule has 3 aromatic rings. The van der Waals surface area contributed by atoms with Gasteiger partial charge in [0, 0.05) is 17.7 Å². The summed E-state index contributed by atoms with van der Waals surface area (Å²) in [6, 6.07) is 4.27. The summed E-state index contributed by atoms with van der Waals surface area (Å²) in [4.78, 5) is 12.7. The molecule has 0 saturated heterocycles. The van der Waals surface area contributed by atoms with Crippen LogP contribution in [-0.2, 0) is 20.8 Å². The van der Waals surface area contributed by atoms with Crippen LogP contribution in [0.25, 0.3) is 22.3 Å². The first-order valence-electron chi connectivity index (χ1n) is 7.45. The highest BCUT2D eigenvalue weighted by Crippen LogP contribution is 2.38. The quantitative estimate of drug-likeness (QED) is 0.264. The number of hydrogen-bond donors (Lipinski definition) is 5. The van der Waals surface area contributed by atoms with Crippen LogP contribution >= 0.6 is 0 Å². The van der Waals surface area contributed by atoms with Crippen molar-refractivity contribution in [3.8, 4) is 40.1 Å². The number of hydrogen-bond acceptors (Lipinski definition) is 11. The van der Waals surface area contributed by atoms with E-state index in [2.05, 4.69) is 8.37 Å². The van der Waals surface area contributed by atoms with Crippen LogP contribution in [0.3, 0.4) is 0 Å². The maximum absolute atomic E-state index is 12.7. The maximum atomic E-state index is 12.7. The second-order valence-electron chi connectivity index (χ2n) is 5.63. The topological polar surface area (TPSA) is 218 Å². The van der Waals surface area contributed by atoms with Gasteiger partial charge in [0.1, 0.15) is 16.7 Å². The molecule has 0 radical (unpaired) electrons. The standard InChI is InChI=1S/C15H10O13S2/c16-8-2-1-6(3-9(8)17)14-15(28-30(23,24)25)13(19)12-10(18)4-7(5-11(12)26-14)27-29(20,21)22/h1-5,16-18H,(H,20,21,22)(H,23,24,25). The van der Waals surface area contributed by atoms with Crippen LogP contribution in [0.4, 0.5) is 0 Å². The third kappa shape index (κ3) is 4.38. The average Bonchev–Trinajstić information content (AvgIpc) is 2.56. The molecule has 0 spiro atoms. The van der Waals surface area contributed by atoms with Gasteiger partial charge in [-0.25, -0.2) is 0 Å². The molecule has 30 heavy (non-hydrogen) atoms. The van der Waals surface area contributed by atoms with E-state index >= 15 is 0 Å². The van der Waals surface area contributed by atoms with Crippen molar-refractivity contribution in [1.82, 2.24) is 0 Å². The van der Waals surface area contributed by atoms with E-state index < -0.39 is 71.7 Å². The molecule has 0 saturated carbocycles. The first-order chi connectivity index (χ1) is 13.7. The predicted octanol–water partition coefficient (Wildman–Crippen LogP) is 0.940. The van der Waals surface area contributed by atoms with Gasteiger partial charge in [0.15, 0.2) is 23.0 Å². The van der Waals surface area contributed by atoms with Crippen LogP contribution in [0.5, 0.6) is 28.7 Å². The molecule has 0 amide bonds. The Morgan fingerprint density at radius 2 is 1.43 bits per heavy atom. The summed E-state index contributed by atoms with van der Waals surface area (Å²) in [6.45, 7) is 0. The molecule has 15 heteroatoms. The Bertz CT molecular complexity index is 1440. The van der Waals surface area contributed by atoms with Crippen LogP contribution < -0.4 is 13.8 Å². The van der Waals surface area contributed by atoms with Gasteiger partial charge in [-0.2, -0.15) is 16.8 Å². The Balaban J connectivity index is 2.40. The number of fused-ring (bicyclic) bond motifs is 1. The second-order valence-corrected chi connectivity index (χ2v) is 7.67. The van der Waals surface area contributed by atoms with E-state index in [1.165, 1.54) is 0 Å². The largest absolute Gasteiger partial charge is 0.507 e. The lowest BCUT2D eigenvalue weighted by Gasteiger charge is -2.11. The van der Waals surface area contributed by atoms with Gasteiger partial charge in [-0.1, -0.05) is 0 Å². The highest BCUT2D eigenvalue weighted by molar-refractivity contribution is 7.81. The lowest BCUT2D eigenvalue weighted by Crippen LogP contribution is -2.16. The van der Waals surface area contributed by atoms with Gasteiger partial charge in [0.05, 0.1) is 0 Å². The molecule has 0 aliphatic carbocycles. The zero-order valence-electron chi connectivity index (χ0n) is 14.2. The van der Waals surface area contributed by atoms with E-state index in [0.717, 1.165) is 24.3 Å². The second kappa shape index (κ2) is 7.06. The summed E-state index contributed by atoms with van der Waals surface area (Å²) in [5.74, 6) is -4.69. The number of phenols is 3. The van der Waals surface area contributed by atoms with Gasteiger partial charge in [-0.15, -0.1) is 0 Å². The Kier molecular flexibility index (Phi) is 4.99. The van der Waals surface area contributed by atoms with Crippen molar-refractivity contribution >= 4 is 31.8 Å². The van der Waals surface area contributed by atoms with E-state index in [9.17, 15) is 36.9 Å². The minimum atomic E-state index is -5.25. The summed E-state index contributed by atoms with van der Waals surface area (Å²) >= 11 is 0. The molecule has 1 aromatic heterocycles. The van der Waals surface area contributed by atoms with Crippen molar-refractivity contribution in [2.75, 3.05) is 0 Å². The molecule has 0 aliphatic heterocycles. The van der Waals surface area contributed by atoms with E-state index in [1.807, 2.05) is 0 Å². The molecule has 2 aromatic carbocycles. The Labute approximate surface area is 166 Å². The Hall–Kier alpha value is -3.53. The van der Waals surface area contributed by atoms with E-state index in [0.29, 0.717) is 6.07 Å². The fourth-order valence-electron chi connectivity index (χ4n) is 2.46. The zero-order valence-corrected chi connectivity index (χ0v) is 15.8. The summed E-state index contributed by atoms with van der Waals surface area (Å²) in [5, 5.41) is 28.4. The fraction of sp³-hybridized carbons (Fsp3) is 0. The lowest BCUT2D eigenvalue weighted by atomic mass is 10.1. The third-order valence-electron chi connectivity index (χ3n) is 3.53. The molecule has 5 N–H and O–H groups in total. The lowest BCUT2D eigenvalue weighted by molar-refractivity contribution is 0.378. The Morgan fingerprint density at radius 3 is 2.00 bits per heavy atom. The first kappa shape index (κ1) is 21.2. The van der Waals surface area contributed by atoms with Crippen LogP contribution in [-0.4, -0.2) is 41.3 Å². The van der Waals surface area contributed by atoms with Gasteiger partial charge in [0.25, 0.3) is 0 Å². The summed E-state index contributed by atoms with van der Waals surface area (Å²) in [5.41, 5.74) is -2.08. The molecular formula is C15H10O13S2. The third-order valence-corrected chi connectivity index (χ3v) is 4.31. The smallest absolute Gasteiger partial charge is 0.446 e. The van der Waals surface area contributed by atoms with E-state index in [4.69, 9.17) is 13.5 Å². The molecule has 0 aliphatic rings. The highest BCUT2D eigenvalue weighted by Gasteiger charge is 2.25. The van der Waals surface area contributed by atoms with Crippen molar-refractivity contribution in [2.45, 2.75) is 0 Å². The predicted molar refractivity (Wildman–Crippen MR) is 97.3 cm³/mol. The average molecular weight is 462 g/mol. The van der Waals surface area contributed by atoms with Crippen molar-refractivity contribution in [3.05, 3.63) is 40.6 Å². The fourth-order valence-corrected chi connectivity index (χ4v) is 3.16. The summed E-state index contributed by atoms with van der Waals surface area (Å²) in [7, 11) is -10.3. The summed E-state index contributed by atoms with van der Waals surface area (Å²) in [6.07, 6.45) is 0. The molecule has 13 nitrogen and oxygen atoms in total. The van der Waals surface area contributed by atoms with E-state index in [1.54, 1.807) is 0 Å². The van der Waals surface area contributed by atoms with Gasteiger partial charge < -0.3 is 28.1 Å². The molecule has 1 heterocycles. The van der Waals surface area contributed by atoms with E-state index in [-0.39, 0.29) is 5.56 Å². The zero-order chi connectivity index (χ0) is 22.4. The van der Waals surface area contributed by atoms with Crippen LogP contribution in [0.1, 0.15) is 0 Å². The van der Waals surface area contributed by atoms with Crippen LogP contribution in [0, 0.1) is 0 Å². The number of phenolic OH excluding ortho intramolecular Hbond substituents is 3. The molecule has 160 valence electrons. The van der Waals surface area contributed by atoms with Gasteiger partial charge in [-0.3, -0.25) is 13.9 Å². The minimum absolute atomic E-state index is 0.219. The van der Waals surface area contributed by atoms with Crippen molar-refractivity contribution in [2.24, 2.45) is 0 Å². The molecule has 0 bridgehead atoms. The van der Waals surface area contributed by atoms with Gasteiger partial charge in [0.2, 0.25) is 11.2 Å². The SMILES string of the molecule is O=c1c(OS(=O)(=O)O)c(-c2ccc(O)c(O)c2)oc2cc(OS(=O)(=O)O)cc(O)c12.